The number of carbonyl (C=O) groups excluding carboxylic acids is 2. The normalized spacial score (nSPS) is 22.4. The molecule has 1 unspecified atom stereocenters. The van der Waals surface area contributed by atoms with Crippen molar-refractivity contribution in [3.8, 4) is 0 Å². The Kier molecular flexibility index (Phi) is 3.38. The lowest BCUT2D eigenvalue weighted by molar-refractivity contribution is -0.136. The lowest BCUT2D eigenvalue weighted by atomic mass is 9.96. The molecule has 1 aliphatic heterocycles. The van der Waals surface area contributed by atoms with Gasteiger partial charge in [0.25, 0.3) is 5.91 Å². The van der Waals surface area contributed by atoms with Gasteiger partial charge >= 0.3 is 0 Å². The Hall–Kier alpha value is -1.43. The number of piperazine rings is 1. The molecule has 0 bridgehead atoms. The number of rotatable bonds is 1. The molecule has 1 atom stereocenters. The maximum Gasteiger partial charge on any atom is 0.252 e. The van der Waals surface area contributed by atoms with Crippen LogP contribution in [0.5, 0.6) is 0 Å². The van der Waals surface area contributed by atoms with Crippen molar-refractivity contribution in [3.05, 3.63) is 28.5 Å². The van der Waals surface area contributed by atoms with Gasteiger partial charge in [-0.25, -0.2) is 4.39 Å². The first kappa shape index (κ1) is 14.0. The molecule has 6 heteroatoms. The van der Waals surface area contributed by atoms with Crippen LogP contribution in [0, 0.1) is 5.82 Å². The number of amides is 2. The lowest BCUT2D eigenvalue weighted by Gasteiger charge is -2.41. The molecule has 1 N–H and O–H groups in total. The van der Waals surface area contributed by atoms with Crippen LogP contribution in [0.25, 0.3) is 0 Å². The second-order valence-electron chi connectivity index (χ2n) is 5.06. The van der Waals surface area contributed by atoms with E-state index in [1.54, 1.807) is 26.8 Å². The third-order valence-corrected chi connectivity index (χ3v) is 3.78. The van der Waals surface area contributed by atoms with Crippen LogP contribution in [0.4, 0.5) is 10.1 Å². The predicted molar refractivity (Wildman–Crippen MR) is 73.3 cm³/mol. The largest absolute Gasteiger partial charge is 0.340 e. The van der Waals surface area contributed by atoms with Crippen LogP contribution in [0.15, 0.2) is 22.7 Å². The minimum atomic E-state index is -0.993. The number of nitrogens with one attached hydrogen (secondary N) is 1. The first-order valence-corrected chi connectivity index (χ1v) is 6.64. The summed E-state index contributed by atoms with van der Waals surface area (Å²) in [6.45, 7) is 4.87. The van der Waals surface area contributed by atoms with Crippen LogP contribution < -0.4 is 10.2 Å². The van der Waals surface area contributed by atoms with Crippen LogP contribution >= 0.6 is 15.9 Å². The molecule has 1 saturated heterocycles. The van der Waals surface area contributed by atoms with Gasteiger partial charge in [0.05, 0.1) is 4.47 Å². The summed E-state index contributed by atoms with van der Waals surface area (Å²) in [6, 6.07) is 3.70. The number of benzene rings is 1. The van der Waals surface area contributed by atoms with E-state index < -0.39 is 17.4 Å². The van der Waals surface area contributed by atoms with Gasteiger partial charge in [0.15, 0.2) is 0 Å². The van der Waals surface area contributed by atoms with E-state index in [1.807, 2.05) is 0 Å². The Morgan fingerprint density at radius 3 is 2.58 bits per heavy atom. The van der Waals surface area contributed by atoms with Gasteiger partial charge in [-0.3, -0.25) is 14.5 Å². The number of nitrogens with zero attached hydrogens (tertiary/aromatic N) is 1. The minimum Gasteiger partial charge on any atom is -0.340 e. The van der Waals surface area contributed by atoms with Crippen LogP contribution in [0.3, 0.4) is 0 Å². The van der Waals surface area contributed by atoms with Crippen molar-refractivity contribution in [1.29, 1.82) is 0 Å². The van der Waals surface area contributed by atoms with E-state index in [4.69, 9.17) is 0 Å². The van der Waals surface area contributed by atoms with Crippen molar-refractivity contribution in [2.24, 2.45) is 0 Å². The molecule has 0 radical (unpaired) electrons. The lowest BCUT2D eigenvalue weighted by Crippen LogP contribution is -2.67. The molecule has 0 aromatic heterocycles. The number of anilines is 1. The predicted octanol–water partition coefficient (Wildman–Crippen LogP) is 2.22. The van der Waals surface area contributed by atoms with E-state index >= 15 is 0 Å². The molecule has 1 fully saturated rings. The zero-order valence-corrected chi connectivity index (χ0v) is 12.4. The fourth-order valence-corrected chi connectivity index (χ4v) is 2.28. The highest BCUT2D eigenvalue weighted by Gasteiger charge is 2.44. The maximum atomic E-state index is 13.6. The molecule has 2 amide bonds. The molecule has 0 saturated carbocycles. The molecule has 0 spiro atoms. The second-order valence-corrected chi connectivity index (χ2v) is 5.92. The van der Waals surface area contributed by atoms with Crippen LogP contribution in [-0.4, -0.2) is 23.4 Å². The van der Waals surface area contributed by atoms with E-state index in [9.17, 15) is 14.0 Å². The van der Waals surface area contributed by atoms with Crippen molar-refractivity contribution in [3.63, 3.8) is 0 Å². The van der Waals surface area contributed by atoms with Gasteiger partial charge in [0, 0.05) is 5.69 Å². The number of hydrogen-bond donors (Lipinski definition) is 1. The zero-order chi connectivity index (χ0) is 14.4. The molecular formula is C13H14BrFN2O2. The molecule has 0 aliphatic carbocycles. The quantitative estimate of drug-likeness (QED) is 0.859. The maximum absolute atomic E-state index is 13.6. The summed E-state index contributed by atoms with van der Waals surface area (Å²) in [4.78, 5) is 25.6. The average Bonchev–Trinajstić information content (AvgIpc) is 2.31. The SMILES string of the molecule is CC1C(=O)NC(C)(C)C(=O)N1c1ccc(Br)c(F)c1. The summed E-state index contributed by atoms with van der Waals surface area (Å²) >= 11 is 3.06. The number of halogens is 2. The minimum absolute atomic E-state index is 0.257. The Labute approximate surface area is 119 Å². The standard InChI is InChI=1S/C13H14BrFN2O2/c1-7-11(18)16-13(2,3)12(19)17(7)8-4-5-9(14)10(15)6-8/h4-7H,1-3H3,(H,16,18). The first-order valence-electron chi connectivity index (χ1n) is 5.85. The zero-order valence-electron chi connectivity index (χ0n) is 10.8. The Balaban J connectivity index is 2.48. The van der Waals surface area contributed by atoms with Crippen molar-refractivity contribution in [1.82, 2.24) is 5.32 Å². The number of carbonyl (C=O) groups is 2. The molecule has 1 aliphatic rings. The van der Waals surface area contributed by atoms with Gasteiger partial charge in [0.2, 0.25) is 5.91 Å². The fraction of sp³-hybridized carbons (Fsp3) is 0.385. The van der Waals surface area contributed by atoms with E-state index in [1.165, 1.54) is 17.0 Å². The summed E-state index contributed by atoms with van der Waals surface area (Å²) in [7, 11) is 0. The molecule has 102 valence electrons. The van der Waals surface area contributed by atoms with E-state index in [-0.39, 0.29) is 11.8 Å². The van der Waals surface area contributed by atoms with Gasteiger partial charge in [-0.15, -0.1) is 0 Å². The smallest absolute Gasteiger partial charge is 0.252 e. The summed E-state index contributed by atoms with van der Waals surface area (Å²) in [6.07, 6.45) is 0. The Bertz CT molecular complexity index is 560. The summed E-state index contributed by atoms with van der Waals surface area (Å²) in [5.41, 5.74) is -0.617. The average molecular weight is 329 g/mol. The van der Waals surface area contributed by atoms with Crippen molar-refractivity contribution in [2.45, 2.75) is 32.4 Å². The topological polar surface area (TPSA) is 49.4 Å². The second kappa shape index (κ2) is 4.59. The molecule has 4 nitrogen and oxygen atoms in total. The van der Waals surface area contributed by atoms with Crippen molar-refractivity contribution < 1.29 is 14.0 Å². The monoisotopic (exact) mass is 328 g/mol. The highest BCUT2D eigenvalue weighted by molar-refractivity contribution is 9.10. The molecule has 1 heterocycles. The molecule has 2 rings (SSSR count). The highest BCUT2D eigenvalue weighted by Crippen LogP contribution is 2.28. The summed E-state index contributed by atoms with van der Waals surface area (Å²) in [5, 5.41) is 2.65. The Morgan fingerprint density at radius 1 is 1.37 bits per heavy atom. The summed E-state index contributed by atoms with van der Waals surface area (Å²) in [5.74, 6) is -0.990. The van der Waals surface area contributed by atoms with Crippen molar-refractivity contribution >= 4 is 33.4 Å². The van der Waals surface area contributed by atoms with Crippen LogP contribution in [0.1, 0.15) is 20.8 Å². The third-order valence-electron chi connectivity index (χ3n) is 3.14. The first-order chi connectivity index (χ1) is 8.74. The molecule has 1 aromatic rings. The molecular weight excluding hydrogens is 315 g/mol. The third kappa shape index (κ3) is 2.36. The molecule has 1 aromatic carbocycles. The van der Waals surface area contributed by atoms with Gasteiger partial charge in [-0.1, -0.05) is 0 Å². The van der Waals surface area contributed by atoms with Crippen molar-refractivity contribution in [2.75, 3.05) is 4.90 Å². The summed E-state index contributed by atoms with van der Waals surface area (Å²) < 4.78 is 13.9. The van der Waals surface area contributed by atoms with Gasteiger partial charge in [0.1, 0.15) is 17.4 Å². The van der Waals surface area contributed by atoms with E-state index in [2.05, 4.69) is 21.2 Å². The Morgan fingerprint density at radius 2 is 2.00 bits per heavy atom. The van der Waals surface area contributed by atoms with Gasteiger partial charge in [-0.2, -0.15) is 0 Å². The van der Waals surface area contributed by atoms with Crippen LogP contribution in [0.2, 0.25) is 0 Å². The number of hydrogen-bond acceptors (Lipinski definition) is 2. The molecule has 19 heavy (non-hydrogen) atoms. The van der Waals surface area contributed by atoms with Gasteiger partial charge in [-0.05, 0) is 54.9 Å². The van der Waals surface area contributed by atoms with Crippen LogP contribution in [-0.2, 0) is 9.59 Å². The van der Waals surface area contributed by atoms with E-state index in [0.717, 1.165) is 0 Å². The van der Waals surface area contributed by atoms with Gasteiger partial charge < -0.3 is 5.32 Å². The highest BCUT2D eigenvalue weighted by atomic mass is 79.9. The fourth-order valence-electron chi connectivity index (χ4n) is 2.04. The van der Waals surface area contributed by atoms with E-state index in [0.29, 0.717) is 10.2 Å².